The van der Waals surface area contributed by atoms with E-state index in [9.17, 15) is 9.18 Å². The first-order valence-electron chi connectivity index (χ1n) is 9.27. The number of aryl methyl sites for hydroxylation is 1. The molecule has 0 bridgehead atoms. The van der Waals surface area contributed by atoms with Crippen LogP contribution in [0.3, 0.4) is 0 Å². The minimum atomic E-state index is -0.487. The zero-order valence-electron chi connectivity index (χ0n) is 15.3. The van der Waals surface area contributed by atoms with Crippen molar-refractivity contribution in [1.82, 2.24) is 4.98 Å². The zero-order chi connectivity index (χ0) is 19.3. The lowest BCUT2D eigenvalue weighted by Crippen LogP contribution is -2.20. The zero-order valence-corrected chi connectivity index (χ0v) is 15.3. The molecule has 1 aliphatic heterocycles. The lowest BCUT2D eigenvalue weighted by molar-refractivity contribution is -0.134. The maximum atomic E-state index is 13.6. The van der Waals surface area contributed by atoms with Gasteiger partial charge in [-0.1, -0.05) is 48.5 Å². The highest BCUT2D eigenvalue weighted by atomic mass is 19.1. The van der Waals surface area contributed by atoms with E-state index in [1.165, 1.54) is 12.1 Å². The molecule has 4 aromatic rings. The van der Waals surface area contributed by atoms with Gasteiger partial charge in [0.05, 0.1) is 5.92 Å². The van der Waals surface area contributed by atoms with E-state index in [0.717, 1.165) is 33.3 Å². The summed E-state index contributed by atoms with van der Waals surface area (Å²) >= 11 is 0. The summed E-state index contributed by atoms with van der Waals surface area (Å²) in [4.78, 5) is 16.4. The number of para-hydroxylation sites is 2. The number of H-pyrrole nitrogens is 1. The molecule has 138 valence electrons. The standard InChI is InChI=1S/C24H18FNO2/c1-14-21(17-6-2-4-8-19(17)26-14)22(15-10-12-16(25)13-11-15)23-18-7-3-5-9-20(18)28-24(23)27/h2-13,22-23,26H,1H3/t22-,23-/m0/s1. The molecule has 1 aliphatic rings. The monoisotopic (exact) mass is 371 g/mol. The molecule has 0 saturated carbocycles. The number of fused-ring (bicyclic) bond motifs is 2. The van der Waals surface area contributed by atoms with Gasteiger partial charge in [-0.15, -0.1) is 0 Å². The lowest BCUT2D eigenvalue weighted by Gasteiger charge is -2.23. The van der Waals surface area contributed by atoms with Crippen LogP contribution in [0.1, 0.15) is 34.2 Å². The van der Waals surface area contributed by atoms with Crippen LogP contribution in [0.25, 0.3) is 10.9 Å². The van der Waals surface area contributed by atoms with E-state index in [1.54, 1.807) is 12.1 Å². The molecule has 0 radical (unpaired) electrons. The highest BCUT2D eigenvalue weighted by Crippen LogP contribution is 2.48. The van der Waals surface area contributed by atoms with Gasteiger partial charge >= 0.3 is 5.97 Å². The van der Waals surface area contributed by atoms with E-state index in [2.05, 4.69) is 11.1 Å². The fourth-order valence-electron chi connectivity index (χ4n) is 4.34. The van der Waals surface area contributed by atoms with Crippen LogP contribution in [0.2, 0.25) is 0 Å². The first-order chi connectivity index (χ1) is 13.6. The fourth-order valence-corrected chi connectivity index (χ4v) is 4.34. The Kier molecular flexibility index (Phi) is 3.79. The number of halogens is 1. The average molecular weight is 371 g/mol. The number of benzene rings is 3. The van der Waals surface area contributed by atoms with Crippen LogP contribution >= 0.6 is 0 Å². The van der Waals surface area contributed by atoms with Crippen molar-refractivity contribution in [3.8, 4) is 5.75 Å². The van der Waals surface area contributed by atoms with E-state index in [1.807, 2.05) is 49.4 Å². The number of esters is 1. The second-order valence-corrected chi connectivity index (χ2v) is 7.18. The van der Waals surface area contributed by atoms with Gasteiger partial charge in [-0.2, -0.15) is 0 Å². The third kappa shape index (κ3) is 2.53. The minimum Gasteiger partial charge on any atom is -0.426 e. The summed E-state index contributed by atoms with van der Waals surface area (Å²) in [5.74, 6) is -0.748. The molecule has 0 amide bonds. The summed E-state index contributed by atoms with van der Waals surface area (Å²) < 4.78 is 19.2. The summed E-state index contributed by atoms with van der Waals surface area (Å²) in [6.07, 6.45) is 0. The molecular weight excluding hydrogens is 353 g/mol. The predicted octanol–water partition coefficient (Wildman–Crippen LogP) is 5.45. The Morgan fingerprint density at radius 1 is 0.964 bits per heavy atom. The van der Waals surface area contributed by atoms with Gasteiger partial charge in [0.25, 0.3) is 0 Å². The van der Waals surface area contributed by atoms with Gasteiger partial charge in [-0.05, 0) is 42.3 Å². The molecule has 0 spiro atoms. The largest absolute Gasteiger partial charge is 0.426 e. The Morgan fingerprint density at radius 2 is 1.68 bits per heavy atom. The van der Waals surface area contributed by atoms with Crippen molar-refractivity contribution in [2.45, 2.75) is 18.8 Å². The summed E-state index contributed by atoms with van der Waals surface area (Å²) in [5.41, 5.74) is 4.80. The molecule has 0 saturated heterocycles. The van der Waals surface area contributed by atoms with E-state index >= 15 is 0 Å². The molecule has 3 nitrogen and oxygen atoms in total. The summed E-state index contributed by atoms with van der Waals surface area (Å²) in [7, 11) is 0. The number of hydrogen-bond acceptors (Lipinski definition) is 2. The van der Waals surface area contributed by atoms with Crippen LogP contribution in [-0.4, -0.2) is 11.0 Å². The Hall–Kier alpha value is -3.40. The van der Waals surface area contributed by atoms with Crippen LogP contribution in [0.15, 0.2) is 72.8 Å². The lowest BCUT2D eigenvalue weighted by atomic mass is 9.77. The van der Waals surface area contributed by atoms with E-state index < -0.39 is 5.92 Å². The second kappa shape index (κ2) is 6.34. The molecule has 0 unspecified atom stereocenters. The Bertz CT molecular complexity index is 1190. The molecule has 1 N–H and O–H groups in total. The highest BCUT2D eigenvalue weighted by Gasteiger charge is 2.42. The number of carbonyl (C=O) groups excluding carboxylic acids is 1. The average Bonchev–Trinajstić information content (AvgIpc) is 3.20. The van der Waals surface area contributed by atoms with Crippen LogP contribution in [0.5, 0.6) is 5.75 Å². The summed E-state index contributed by atoms with van der Waals surface area (Å²) in [6.45, 7) is 2.01. The van der Waals surface area contributed by atoms with E-state index in [-0.39, 0.29) is 17.7 Å². The van der Waals surface area contributed by atoms with Gasteiger partial charge in [0, 0.05) is 28.1 Å². The van der Waals surface area contributed by atoms with Crippen LogP contribution in [-0.2, 0) is 4.79 Å². The van der Waals surface area contributed by atoms with Gasteiger partial charge in [0.2, 0.25) is 0 Å². The number of rotatable bonds is 3. The van der Waals surface area contributed by atoms with Gasteiger partial charge in [0.15, 0.2) is 0 Å². The van der Waals surface area contributed by atoms with Crippen LogP contribution in [0.4, 0.5) is 4.39 Å². The molecule has 4 heteroatoms. The van der Waals surface area contributed by atoms with Crippen molar-refractivity contribution in [3.05, 3.63) is 101 Å². The molecule has 1 aromatic heterocycles. The van der Waals surface area contributed by atoms with Crippen molar-refractivity contribution >= 4 is 16.9 Å². The fraction of sp³-hybridized carbons (Fsp3) is 0.125. The maximum absolute atomic E-state index is 13.6. The first kappa shape index (κ1) is 16.8. The molecule has 3 aromatic carbocycles. The second-order valence-electron chi connectivity index (χ2n) is 7.18. The molecule has 2 atom stereocenters. The quantitative estimate of drug-likeness (QED) is 0.384. The molecule has 28 heavy (non-hydrogen) atoms. The number of hydrogen-bond donors (Lipinski definition) is 1. The Balaban J connectivity index is 1.78. The van der Waals surface area contributed by atoms with Gasteiger partial charge in [-0.25, -0.2) is 4.39 Å². The van der Waals surface area contributed by atoms with Gasteiger partial charge < -0.3 is 9.72 Å². The van der Waals surface area contributed by atoms with E-state index in [4.69, 9.17) is 4.74 Å². The number of ether oxygens (including phenoxy) is 1. The molecule has 2 heterocycles. The van der Waals surface area contributed by atoms with Gasteiger partial charge in [0.1, 0.15) is 11.6 Å². The highest BCUT2D eigenvalue weighted by molar-refractivity contribution is 5.91. The number of aromatic amines is 1. The van der Waals surface area contributed by atoms with E-state index in [0.29, 0.717) is 5.75 Å². The third-order valence-electron chi connectivity index (χ3n) is 5.54. The Morgan fingerprint density at radius 3 is 2.50 bits per heavy atom. The molecule has 0 aliphatic carbocycles. The topological polar surface area (TPSA) is 42.1 Å². The number of nitrogens with one attached hydrogen (secondary N) is 1. The van der Waals surface area contributed by atoms with Crippen molar-refractivity contribution in [2.24, 2.45) is 0 Å². The summed E-state index contributed by atoms with van der Waals surface area (Å²) in [5, 5.41) is 1.06. The van der Waals surface area contributed by atoms with Crippen molar-refractivity contribution in [3.63, 3.8) is 0 Å². The number of carbonyl (C=O) groups is 1. The van der Waals surface area contributed by atoms with Crippen molar-refractivity contribution in [1.29, 1.82) is 0 Å². The molecule has 5 rings (SSSR count). The number of aromatic nitrogens is 1. The first-order valence-corrected chi connectivity index (χ1v) is 9.27. The minimum absolute atomic E-state index is 0.278. The smallest absolute Gasteiger partial charge is 0.319 e. The third-order valence-corrected chi connectivity index (χ3v) is 5.54. The van der Waals surface area contributed by atoms with Crippen molar-refractivity contribution < 1.29 is 13.9 Å². The van der Waals surface area contributed by atoms with Crippen molar-refractivity contribution in [2.75, 3.05) is 0 Å². The normalized spacial score (nSPS) is 16.8. The van der Waals surface area contributed by atoms with Gasteiger partial charge in [-0.3, -0.25) is 4.79 Å². The SMILES string of the molecule is Cc1[nH]c2ccccc2c1[C@H](c1ccc(F)cc1)[C@H]1C(=O)Oc2ccccc21. The Labute approximate surface area is 161 Å². The van der Waals surface area contributed by atoms with Crippen LogP contribution in [0, 0.1) is 12.7 Å². The van der Waals surface area contributed by atoms with Crippen LogP contribution < -0.4 is 4.74 Å². The molecular formula is C24H18FNO2. The molecule has 0 fully saturated rings. The predicted molar refractivity (Wildman–Crippen MR) is 106 cm³/mol. The summed E-state index contributed by atoms with van der Waals surface area (Å²) in [6, 6.07) is 22.0. The maximum Gasteiger partial charge on any atom is 0.319 e.